The van der Waals surface area contributed by atoms with Crippen LogP contribution in [0.25, 0.3) is 0 Å². The summed E-state index contributed by atoms with van der Waals surface area (Å²) in [5.41, 5.74) is 1.42. The summed E-state index contributed by atoms with van der Waals surface area (Å²) in [6.45, 7) is 7.31. The molecule has 0 aromatic heterocycles. The lowest BCUT2D eigenvalue weighted by molar-refractivity contribution is 0.129. The van der Waals surface area contributed by atoms with E-state index in [-0.39, 0.29) is 0 Å². The number of hydrogen-bond donors (Lipinski definition) is 0. The molecule has 0 spiro atoms. The van der Waals surface area contributed by atoms with Crippen molar-refractivity contribution in [2.45, 2.75) is 32.4 Å². The Bertz CT molecular complexity index is 310. The fourth-order valence-corrected chi connectivity index (χ4v) is 2.44. The molecule has 1 aliphatic heterocycles. The lowest BCUT2D eigenvalue weighted by Crippen LogP contribution is -2.35. The van der Waals surface area contributed by atoms with Gasteiger partial charge in [-0.15, -0.1) is 0 Å². The Kier molecular flexibility index (Phi) is 3.97. The average molecular weight is 219 g/mol. The fourth-order valence-electron chi connectivity index (χ4n) is 2.44. The molecule has 1 unspecified atom stereocenters. The molecule has 0 aliphatic carbocycles. The summed E-state index contributed by atoms with van der Waals surface area (Å²) in [7, 11) is 0. The van der Waals surface area contributed by atoms with Crippen molar-refractivity contribution in [2.75, 3.05) is 19.8 Å². The van der Waals surface area contributed by atoms with Crippen LogP contribution in [0.2, 0.25) is 0 Å². The van der Waals surface area contributed by atoms with E-state index >= 15 is 0 Å². The standard InChI is InChI=1S/C14H21NO/c1-12(2)15-9-11-16-10-8-14(15)13-6-4-3-5-7-13/h3-7,12,14H,8-11H2,1-2H3. The van der Waals surface area contributed by atoms with E-state index in [9.17, 15) is 0 Å². The number of hydrogen-bond acceptors (Lipinski definition) is 2. The highest BCUT2D eigenvalue weighted by molar-refractivity contribution is 5.19. The van der Waals surface area contributed by atoms with E-state index in [1.165, 1.54) is 5.56 Å². The van der Waals surface area contributed by atoms with Gasteiger partial charge in [0.15, 0.2) is 0 Å². The molecule has 1 aromatic rings. The summed E-state index contributed by atoms with van der Waals surface area (Å²) in [5.74, 6) is 0. The van der Waals surface area contributed by atoms with Crippen molar-refractivity contribution in [3.05, 3.63) is 35.9 Å². The summed E-state index contributed by atoms with van der Waals surface area (Å²) in [6, 6.07) is 11.9. The molecule has 1 aliphatic rings. The van der Waals surface area contributed by atoms with Gasteiger partial charge in [0.05, 0.1) is 6.61 Å². The molecule has 88 valence electrons. The van der Waals surface area contributed by atoms with Gasteiger partial charge >= 0.3 is 0 Å². The Morgan fingerprint density at radius 3 is 2.62 bits per heavy atom. The minimum absolute atomic E-state index is 0.517. The monoisotopic (exact) mass is 219 g/mol. The van der Waals surface area contributed by atoms with Gasteiger partial charge in [0.2, 0.25) is 0 Å². The van der Waals surface area contributed by atoms with Crippen LogP contribution in [-0.2, 0) is 4.74 Å². The quantitative estimate of drug-likeness (QED) is 0.758. The van der Waals surface area contributed by atoms with E-state index in [2.05, 4.69) is 49.1 Å². The van der Waals surface area contributed by atoms with Gasteiger partial charge in [-0.2, -0.15) is 0 Å². The predicted octanol–water partition coefficient (Wildman–Crippen LogP) is 2.86. The summed E-state index contributed by atoms with van der Waals surface area (Å²) in [4.78, 5) is 2.54. The maximum Gasteiger partial charge on any atom is 0.0593 e. The van der Waals surface area contributed by atoms with Crippen molar-refractivity contribution < 1.29 is 4.74 Å². The predicted molar refractivity (Wildman–Crippen MR) is 66.5 cm³/mol. The normalized spacial score (nSPS) is 23.3. The van der Waals surface area contributed by atoms with Crippen molar-refractivity contribution in [3.63, 3.8) is 0 Å². The van der Waals surface area contributed by atoms with Crippen LogP contribution < -0.4 is 0 Å². The third kappa shape index (κ3) is 2.63. The molecule has 2 nitrogen and oxygen atoms in total. The molecule has 2 rings (SSSR count). The minimum atomic E-state index is 0.517. The maximum absolute atomic E-state index is 5.58. The summed E-state index contributed by atoms with van der Waals surface area (Å²) >= 11 is 0. The van der Waals surface area contributed by atoms with Crippen molar-refractivity contribution >= 4 is 0 Å². The van der Waals surface area contributed by atoms with Crippen molar-refractivity contribution in [1.29, 1.82) is 0 Å². The third-order valence-corrected chi connectivity index (χ3v) is 3.28. The molecule has 0 saturated carbocycles. The van der Waals surface area contributed by atoms with Gasteiger partial charge in [-0.3, -0.25) is 4.90 Å². The Balaban J connectivity index is 2.21. The third-order valence-electron chi connectivity index (χ3n) is 3.28. The topological polar surface area (TPSA) is 12.5 Å². The molecule has 1 atom stereocenters. The average Bonchev–Trinajstić information content (AvgIpc) is 2.55. The van der Waals surface area contributed by atoms with Crippen molar-refractivity contribution in [3.8, 4) is 0 Å². The molecule has 16 heavy (non-hydrogen) atoms. The van der Waals surface area contributed by atoms with Crippen LogP contribution in [0.1, 0.15) is 31.9 Å². The van der Waals surface area contributed by atoms with E-state index in [0.29, 0.717) is 12.1 Å². The van der Waals surface area contributed by atoms with Gasteiger partial charge < -0.3 is 4.74 Å². The van der Waals surface area contributed by atoms with Gasteiger partial charge in [0, 0.05) is 25.2 Å². The second-order valence-corrected chi connectivity index (χ2v) is 4.66. The van der Waals surface area contributed by atoms with E-state index in [1.54, 1.807) is 0 Å². The SMILES string of the molecule is CC(C)N1CCOCCC1c1ccccc1. The molecule has 0 radical (unpaired) electrons. The number of nitrogens with zero attached hydrogens (tertiary/aromatic N) is 1. The smallest absolute Gasteiger partial charge is 0.0593 e. The molecule has 2 heteroatoms. The lowest BCUT2D eigenvalue weighted by atomic mass is 10.0. The Labute approximate surface area is 98.2 Å². The first kappa shape index (κ1) is 11.6. The summed E-state index contributed by atoms with van der Waals surface area (Å²) in [6.07, 6.45) is 1.10. The van der Waals surface area contributed by atoms with Crippen LogP contribution >= 0.6 is 0 Å². The fraction of sp³-hybridized carbons (Fsp3) is 0.571. The number of ether oxygens (including phenoxy) is 1. The van der Waals surface area contributed by atoms with Crippen LogP contribution in [0.15, 0.2) is 30.3 Å². The summed E-state index contributed by atoms with van der Waals surface area (Å²) in [5, 5.41) is 0. The van der Waals surface area contributed by atoms with Gasteiger partial charge in [0.1, 0.15) is 0 Å². The molecule has 0 bridgehead atoms. The molecular weight excluding hydrogens is 198 g/mol. The van der Waals surface area contributed by atoms with E-state index in [4.69, 9.17) is 4.74 Å². The zero-order valence-electron chi connectivity index (χ0n) is 10.2. The van der Waals surface area contributed by atoms with E-state index in [0.717, 1.165) is 26.2 Å². The molecule has 1 heterocycles. The van der Waals surface area contributed by atoms with E-state index < -0.39 is 0 Å². The highest BCUT2D eigenvalue weighted by atomic mass is 16.5. The summed E-state index contributed by atoms with van der Waals surface area (Å²) < 4.78 is 5.58. The zero-order chi connectivity index (χ0) is 11.4. The van der Waals surface area contributed by atoms with E-state index in [1.807, 2.05) is 0 Å². The van der Waals surface area contributed by atoms with Crippen LogP contribution in [0.5, 0.6) is 0 Å². The second-order valence-electron chi connectivity index (χ2n) is 4.66. The Morgan fingerprint density at radius 1 is 1.19 bits per heavy atom. The second kappa shape index (κ2) is 5.46. The lowest BCUT2D eigenvalue weighted by Gasteiger charge is -2.33. The first-order valence-corrected chi connectivity index (χ1v) is 6.17. The minimum Gasteiger partial charge on any atom is -0.380 e. The molecule has 0 amide bonds. The van der Waals surface area contributed by atoms with Crippen LogP contribution in [0.4, 0.5) is 0 Å². The van der Waals surface area contributed by atoms with Gasteiger partial charge in [-0.1, -0.05) is 30.3 Å². The highest BCUT2D eigenvalue weighted by Gasteiger charge is 2.24. The first-order valence-electron chi connectivity index (χ1n) is 6.17. The van der Waals surface area contributed by atoms with Crippen molar-refractivity contribution in [1.82, 2.24) is 4.90 Å². The molecule has 1 saturated heterocycles. The molecule has 1 fully saturated rings. The van der Waals surface area contributed by atoms with Crippen LogP contribution in [0.3, 0.4) is 0 Å². The zero-order valence-corrected chi connectivity index (χ0v) is 10.2. The van der Waals surface area contributed by atoms with Crippen LogP contribution in [-0.4, -0.2) is 30.7 Å². The Morgan fingerprint density at radius 2 is 1.94 bits per heavy atom. The molecule has 1 aromatic carbocycles. The molecular formula is C14H21NO. The number of rotatable bonds is 2. The largest absolute Gasteiger partial charge is 0.380 e. The maximum atomic E-state index is 5.58. The van der Waals surface area contributed by atoms with Gasteiger partial charge in [0.25, 0.3) is 0 Å². The molecule has 0 N–H and O–H groups in total. The highest BCUT2D eigenvalue weighted by Crippen LogP contribution is 2.27. The van der Waals surface area contributed by atoms with Crippen LogP contribution in [0, 0.1) is 0 Å². The van der Waals surface area contributed by atoms with Gasteiger partial charge in [-0.05, 0) is 25.8 Å². The van der Waals surface area contributed by atoms with Gasteiger partial charge in [-0.25, -0.2) is 0 Å². The number of benzene rings is 1. The Hall–Kier alpha value is -0.860. The first-order chi connectivity index (χ1) is 7.79. The van der Waals surface area contributed by atoms with Crippen molar-refractivity contribution in [2.24, 2.45) is 0 Å².